The molecule has 0 bridgehead atoms. The van der Waals surface area contributed by atoms with Gasteiger partial charge in [-0.2, -0.15) is 4.31 Å². The maximum atomic E-state index is 13.0. The third kappa shape index (κ3) is 2.83. The highest BCUT2D eigenvalue weighted by molar-refractivity contribution is 7.89. The molecule has 1 aromatic carbocycles. The smallest absolute Gasteiger partial charge is 0.243 e. The molecule has 4 nitrogen and oxygen atoms in total. The fourth-order valence-corrected chi connectivity index (χ4v) is 2.83. The number of nitrogens with zero attached hydrogens (tertiary/aromatic N) is 1. The molecule has 0 aromatic heterocycles. The number of likely N-dealkylation sites (N-methyl/N-ethyl adjacent to an activating group) is 1. The van der Waals surface area contributed by atoms with Gasteiger partial charge in [-0.3, -0.25) is 0 Å². The molecule has 94 valence electrons. The predicted octanol–water partition coefficient (Wildman–Crippen LogP) is 1.60. The van der Waals surface area contributed by atoms with Gasteiger partial charge in [0.15, 0.2) is 0 Å². The van der Waals surface area contributed by atoms with Crippen molar-refractivity contribution in [2.75, 3.05) is 18.8 Å². The molecule has 0 heterocycles. The van der Waals surface area contributed by atoms with Crippen LogP contribution in [0.15, 0.2) is 35.7 Å². The van der Waals surface area contributed by atoms with Crippen LogP contribution in [0.2, 0.25) is 0 Å². The lowest BCUT2D eigenvalue weighted by Gasteiger charge is -2.18. The Balaban J connectivity index is 3.20. The van der Waals surface area contributed by atoms with Crippen LogP contribution in [-0.2, 0) is 10.0 Å². The summed E-state index contributed by atoms with van der Waals surface area (Å²) in [6, 6.07) is 3.37. The van der Waals surface area contributed by atoms with Gasteiger partial charge < -0.3 is 5.73 Å². The zero-order valence-electron chi connectivity index (χ0n) is 9.56. The summed E-state index contributed by atoms with van der Waals surface area (Å²) < 4.78 is 38.4. The third-order valence-corrected chi connectivity index (χ3v) is 4.23. The Morgan fingerprint density at radius 2 is 2.18 bits per heavy atom. The SMILES string of the molecule is C=CCN(CC)S(=O)(=O)c1ccc(F)c(N)c1. The van der Waals surface area contributed by atoms with Gasteiger partial charge in [-0.25, -0.2) is 12.8 Å². The average Bonchev–Trinajstić information content (AvgIpc) is 2.29. The number of nitrogens with two attached hydrogens (primary N) is 1. The van der Waals surface area contributed by atoms with E-state index in [2.05, 4.69) is 6.58 Å². The summed E-state index contributed by atoms with van der Waals surface area (Å²) in [4.78, 5) is -0.0138. The Labute approximate surface area is 101 Å². The highest BCUT2D eigenvalue weighted by Crippen LogP contribution is 2.20. The quantitative estimate of drug-likeness (QED) is 0.644. The first-order valence-electron chi connectivity index (χ1n) is 5.09. The summed E-state index contributed by atoms with van der Waals surface area (Å²) in [6.45, 7) is 5.73. The number of benzene rings is 1. The zero-order valence-corrected chi connectivity index (χ0v) is 10.4. The first-order chi connectivity index (χ1) is 7.93. The normalized spacial score (nSPS) is 11.7. The van der Waals surface area contributed by atoms with Crippen LogP contribution in [0.25, 0.3) is 0 Å². The Hall–Kier alpha value is -1.40. The monoisotopic (exact) mass is 258 g/mol. The molecule has 0 aliphatic carbocycles. The number of halogens is 1. The number of nitrogen functional groups attached to an aromatic ring is 1. The predicted molar refractivity (Wildman–Crippen MR) is 65.4 cm³/mol. The van der Waals surface area contributed by atoms with Crippen LogP contribution in [0, 0.1) is 5.82 Å². The number of rotatable bonds is 5. The Morgan fingerprint density at radius 3 is 2.65 bits per heavy atom. The van der Waals surface area contributed by atoms with Crippen molar-refractivity contribution < 1.29 is 12.8 Å². The van der Waals surface area contributed by atoms with E-state index in [1.807, 2.05) is 0 Å². The summed E-state index contributed by atoms with van der Waals surface area (Å²) in [6.07, 6.45) is 1.49. The molecule has 0 aliphatic heterocycles. The van der Waals surface area contributed by atoms with Gasteiger partial charge in [0, 0.05) is 13.1 Å². The molecule has 1 rings (SSSR count). The Kier molecular flexibility index (Phi) is 4.25. The van der Waals surface area contributed by atoms with Crippen LogP contribution in [0.3, 0.4) is 0 Å². The van der Waals surface area contributed by atoms with E-state index in [1.54, 1.807) is 6.92 Å². The fraction of sp³-hybridized carbons (Fsp3) is 0.273. The minimum atomic E-state index is -3.64. The van der Waals surface area contributed by atoms with E-state index in [0.717, 1.165) is 12.1 Å². The van der Waals surface area contributed by atoms with Crippen molar-refractivity contribution in [1.82, 2.24) is 4.31 Å². The molecule has 2 N–H and O–H groups in total. The van der Waals surface area contributed by atoms with Crippen molar-refractivity contribution in [1.29, 1.82) is 0 Å². The molecule has 0 unspecified atom stereocenters. The summed E-state index contributed by atoms with van der Waals surface area (Å²) >= 11 is 0. The van der Waals surface area contributed by atoms with Crippen molar-refractivity contribution in [2.24, 2.45) is 0 Å². The Morgan fingerprint density at radius 1 is 1.53 bits per heavy atom. The number of sulfonamides is 1. The van der Waals surface area contributed by atoms with Gasteiger partial charge in [-0.05, 0) is 18.2 Å². The van der Waals surface area contributed by atoms with E-state index in [9.17, 15) is 12.8 Å². The highest BCUT2D eigenvalue weighted by Gasteiger charge is 2.22. The lowest BCUT2D eigenvalue weighted by atomic mass is 10.3. The molecule has 6 heteroatoms. The van der Waals surface area contributed by atoms with Crippen LogP contribution < -0.4 is 5.73 Å². The van der Waals surface area contributed by atoms with Crippen molar-refractivity contribution in [3.05, 3.63) is 36.7 Å². The summed E-state index contributed by atoms with van der Waals surface area (Å²) in [7, 11) is -3.64. The summed E-state index contributed by atoms with van der Waals surface area (Å²) in [5, 5.41) is 0. The van der Waals surface area contributed by atoms with E-state index in [0.29, 0.717) is 6.54 Å². The third-order valence-electron chi connectivity index (χ3n) is 2.29. The molecule has 0 radical (unpaired) electrons. The van der Waals surface area contributed by atoms with Crippen molar-refractivity contribution in [3.8, 4) is 0 Å². The zero-order chi connectivity index (χ0) is 13.1. The maximum Gasteiger partial charge on any atom is 0.243 e. The molecule has 0 aliphatic rings. The second kappa shape index (κ2) is 5.29. The van der Waals surface area contributed by atoms with E-state index < -0.39 is 15.8 Å². The molecule has 17 heavy (non-hydrogen) atoms. The van der Waals surface area contributed by atoms with Crippen LogP contribution in [0.1, 0.15) is 6.92 Å². The molecule has 0 saturated heterocycles. The molecular formula is C11H15FN2O2S. The topological polar surface area (TPSA) is 63.4 Å². The molecule has 0 fully saturated rings. The van der Waals surface area contributed by atoms with Crippen molar-refractivity contribution in [3.63, 3.8) is 0 Å². The summed E-state index contributed by atoms with van der Waals surface area (Å²) in [5.74, 6) is -0.629. The maximum absolute atomic E-state index is 13.0. The second-order valence-electron chi connectivity index (χ2n) is 3.43. The number of anilines is 1. The summed E-state index contributed by atoms with van der Waals surface area (Å²) in [5.41, 5.74) is 5.17. The van der Waals surface area contributed by atoms with Crippen molar-refractivity contribution >= 4 is 15.7 Å². The number of hydrogen-bond acceptors (Lipinski definition) is 3. The second-order valence-corrected chi connectivity index (χ2v) is 5.37. The molecule has 1 aromatic rings. The molecule has 0 atom stereocenters. The molecule has 0 saturated carbocycles. The fourth-order valence-electron chi connectivity index (χ4n) is 1.37. The molecular weight excluding hydrogens is 243 g/mol. The van der Waals surface area contributed by atoms with Gasteiger partial charge in [0.2, 0.25) is 10.0 Å². The van der Waals surface area contributed by atoms with Gasteiger partial charge >= 0.3 is 0 Å². The van der Waals surface area contributed by atoms with Gasteiger partial charge in [0.05, 0.1) is 10.6 Å². The van der Waals surface area contributed by atoms with E-state index >= 15 is 0 Å². The van der Waals surface area contributed by atoms with E-state index in [4.69, 9.17) is 5.73 Å². The minimum Gasteiger partial charge on any atom is -0.396 e. The van der Waals surface area contributed by atoms with Crippen LogP contribution in [0.5, 0.6) is 0 Å². The van der Waals surface area contributed by atoms with Gasteiger partial charge in [-0.15, -0.1) is 6.58 Å². The van der Waals surface area contributed by atoms with Gasteiger partial charge in [-0.1, -0.05) is 13.0 Å². The standard InChI is InChI=1S/C11H15FN2O2S/c1-3-7-14(4-2)17(15,16)9-5-6-10(12)11(13)8-9/h3,5-6,8H,1,4,7,13H2,2H3. The van der Waals surface area contributed by atoms with Gasteiger partial charge in [0.25, 0.3) is 0 Å². The minimum absolute atomic E-state index is 0.0138. The van der Waals surface area contributed by atoms with Crippen LogP contribution >= 0.6 is 0 Å². The highest BCUT2D eigenvalue weighted by atomic mass is 32.2. The lowest BCUT2D eigenvalue weighted by molar-refractivity contribution is 0.460. The average molecular weight is 258 g/mol. The first-order valence-corrected chi connectivity index (χ1v) is 6.53. The largest absolute Gasteiger partial charge is 0.396 e. The van der Waals surface area contributed by atoms with Crippen molar-refractivity contribution in [2.45, 2.75) is 11.8 Å². The molecule has 0 spiro atoms. The first kappa shape index (κ1) is 13.7. The molecule has 0 amide bonds. The van der Waals surface area contributed by atoms with Crippen LogP contribution in [-0.4, -0.2) is 25.8 Å². The van der Waals surface area contributed by atoms with Crippen LogP contribution in [0.4, 0.5) is 10.1 Å². The number of hydrogen-bond donors (Lipinski definition) is 1. The van der Waals surface area contributed by atoms with Gasteiger partial charge in [0.1, 0.15) is 5.82 Å². The van der Waals surface area contributed by atoms with E-state index in [-0.39, 0.29) is 17.1 Å². The van der Waals surface area contributed by atoms with E-state index in [1.165, 1.54) is 16.4 Å². The Bertz CT molecular complexity index is 514. The lowest BCUT2D eigenvalue weighted by Crippen LogP contribution is -2.31.